The second kappa shape index (κ2) is 3.72. The lowest BCUT2D eigenvalue weighted by Gasteiger charge is -2.18. The smallest absolute Gasteiger partial charge is 0.223 e. The Bertz CT molecular complexity index is 147. The fourth-order valence-corrected chi connectivity index (χ4v) is 1.34. The van der Waals surface area contributed by atoms with Gasteiger partial charge in [-0.05, 0) is 6.42 Å². The van der Waals surface area contributed by atoms with Gasteiger partial charge in [0.1, 0.15) is 0 Å². The fraction of sp³-hybridized carbons (Fsp3) is 0.875. The maximum atomic E-state index is 11.2. The Hall–Kier alpha value is -0.570. The molecular formula is C8H16N2O. The highest BCUT2D eigenvalue weighted by atomic mass is 16.2. The molecule has 0 spiro atoms. The zero-order chi connectivity index (χ0) is 8.27. The zero-order valence-electron chi connectivity index (χ0n) is 7.26. The minimum atomic E-state index is 0.258. The Morgan fingerprint density at radius 2 is 2.45 bits per heavy atom. The van der Waals surface area contributed by atoms with Crippen molar-refractivity contribution in [2.45, 2.75) is 25.8 Å². The molecule has 3 nitrogen and oxygen atoms in total. The van der Waals surface area contributed by atoms with Crippen LogP contribution in [0.15, 0.2) is 0 Å². The third-order valence-corrected chi connectivity index (χ3v) is 2.18. The molecule has 1 unspecified atom stereocenters. The summed E-state index contributed by atoms with van der Waals surface area (Å²) in [6.45, 7) is 3.83. The first kappa shape index (κ1) is 8.53. The minimum Gasteiger partial charge on any atom is -0.344 e. The van der Waals surface area contributed by atoms with Crippen molar-refractivity contribution < 1.29 is 4.79 Å². The minimum absolute atomic E-state index is 0.258. The summed E-state index contributed by atoms with van der Waals surface area (Å²) >= 11 is 0. The highest BCUT2D eigenvalue weighted by Gasteiger charge is 2.17. The van der Waals surface area contributed by atoms with E-state index < -0.39 is 0 Å². The Morgan fingerprint density at radius 3 is 3.09 bits per heavy atom. The van der Waals surface area contributed by atoms with Gasteiger partial charge in [-0.3, -0.25) is 4.79 Å². The highest BCUT2D eigenvalue weighted by molar-refractivity contribution is 5.76. The van der Waals surface area contributed by atoms with Crippen molar-refractivity contribution in [3.8, 4) is 0 Å². The molecule has 1 amide bonds. The van der Waals surface area contributed by atoms with Gasteiger partial charge < -0.3 is 10.2 Å². The third kappa shape index (κ3) is 2.19. The first-order valence-corrected chi connectivity index (χ1v) is 4.21. The van der Waals surface area contributed by atoms with Crippen molar-refractivity contribution in [2.24, 2.45) is 0 Å². The van der Waals surface area contributed by atoms with Gasteiger partial charge in [-0.2, -0.15) is 0 Å². The molecule has 1 rings (SSSR count). The SMILES string of the molecule is CCC1CN(C)C(=O)CCN1. The van der Waals surface area contributed by atoms with Crippen LogP contribution in [0.1, 0.15) is 19.8 Å². The molecule has 1 aliphatic rings. The molecule has 0 aromatic carbocycles. The summed E-state index contributed by atoms with van der Waals surface area (Å²) in [5.74, 6) is 0.258. The van der Waals surface area contributed by atoms with Crippen LogP contribution in [0.2, 0.25) is 0 Å². The second-order valence-electron chi connectivity index (χ2n) is 3.08. The van der Waals surface area contributed by atoms with E-state index >= 15 is 0 Å². The van der Waals surface area contributed by atoms with Crippen molar-refractivity contribution in [3.63, 3.8) is 0 Å². The summed E-state index contributed by atoms with van der Waals surface area (Å²) in [4.78, 5) is 13.0. The van der Waals surface area contributed by atoms with Gasteiger partial charge in [0.2, 0.25) is 5.91 Å². The number of carbonyl (C=O) groups is 1. The average molecular weight is 156 g/mol. The van der Waals surface area contributed by atoms with Crippen LogP contribution in [0, 0.1) is 0 Å². The predicted octanol–water partition coefficient (Wildman–Crippen LogP) is 0.217. The Kier molecular flexibility index (Phi) is 2.88. The Labute approximate surface area is 67.8 Å². The van der Waals surface area contributed by atoms with Crippen LogP contribution in [0.5, 0.6) is 0 Å². The van der Waals surface area contributed by atoms with Gasteiger partial charge in [0, 0.05) is 32.6 Å². The van der Waals surface area contributed by atoms with Crippen LogP contribution < -0.4 is 5.32 Å². The van der Waals surface area contributed by atoms with E-state index in [1.165, 1.54) is 0 Å². The molecule has 1 fully saturated rings. The Balaban J connectivity index is 2.48. The molecule has 3 heteroatoms. The summed E-state index contributed by atoms with van der Waals surface area (Å²) in [5.41, 5.74) is 0. The fourth-order valence-electron chi connectivity index (χ4n) is 1.34. The number of rotatable bonds is 1. The van der Waals surface area contributed by atoms with Crippen molar-refractivity contribution in [3.05, 3.63) is 0 Å². The number of nitrogens with one attached hydrogen (secondary N) is 1. The van der Waals surface area contributed by atoms with Gasteiger partial charge in [0.05, 0.1) is 0 Å². The van der Waals surface area contributed by atoms with Crippen molar-refractivity contribution in [1.82, 2.24) is 10.2 Å². The molecule has 1 aliphatic heterocycles. The normalized spacial score (nSPS) is 26.9. The quantitative estimate of drug-likeness (QED) is 0.589. The zero-order valence-corrected chi connectivity index (χ0v) is 7.26. The predicted molar refractivity (Wildman–Crippen MR) is 44.3 cm³/mol. The molecule has 1 atom stereocenters. The molecule has 0 aromatic heterocycles. The van der Waals surface area contributed by atoms with Crippen molar-refractivity contribution in [1.29, 1.82) is 0 Å². The molecule has 0 saturated carbocycles. The molecule has 11 heavy (non-hydrogen) atoms. The monoisotopic (exact) mass is 156 g/mol. The van der Waals surface area contributed by atoms with Crippen LogP contribution in [-0.2, 0) is 4.79 Å². The molecule has 0 aliphatic carbocycles. The van der Waals surface area contributed by atoms with Gasteiger partial charge in [-0.25, -0.2) is 0 Å². The number of hydrogen-bond acceptors (Lipinski definition) is 2. The number of amides is 1. The topological polar surface area (TPSA) is 32.3 Å². The average Bonchev–Trinajstić information content (AvgIpc) is 2.15. The van der Waals surface area contributed by atoms with E-state index in [9.17, 15) is 4.79 Å². The number of nitrogens with zero attached hydrogens (tertiary/aromatic N) is 1. The molecular weight excluding hydrogens is 140 g/mol. The molecule has 1 heterocycles. The molecule has 1 N–H and O–H groups in total. The largest absolute Gasteiger partial charge is 0.344 e. The van der Waals surface area contributed by atoms with Gasteiger partial charge in [0.25, 0.3) is 0 Å². The van der Waals surface area contributed by atoms with E-state index in [2.05, 4.69) is 12.2 Å². The number of hydrogen-bond donors (Lipinski definition) is 1. The van der Waals surface area contributed by atoms with Crippen molar-refractivity contribution in [2.75, 3.05) is 20.1 Å². The van der Waals surface area contributed by atoms with E-state index in [4.69, 9.17) is 0 Å². The standard InChI is InChI=1S/C8H16N2O/c1-3-7-6-10(2)8(11)4-5-9-7/h7,9H,3-6H2,1-2H3. The maximum Gasteiger partial charge on any atom is 0.223 e. The van der Waals surface area contributed by atoms with Crippen LogP contribution >= 0.6 is 0 Å². The molecule has 64 valence electrons. The highest BCUT2D eigenvalue weighted by Crippen LogP contribution is 2.01. The first-order chi connectivity index (χ1) is 5.24. The van der Waals surface area contributed by atoms with Crippen LogP contribution in [0.25, 0.3) is 0 Å². The summed E-state index contributed by atoms with van der Waals surface area (Å²) in [6, 6.07) is 0.492. The van der Waals surface area contributed by atoms with Gasteiger partial charge in [-0.1, -0.05) is 6.92 Å². The van der Waals surface area contributed by atoms with E-state index in [-0.39, 0.29) is 5.91 Å². The lowest BCUT2D eigenvalue weighted by molar-refractivity contribution is -0.129. The summed E-state index contributed by atoms with van der Waals surface area (Å²) in [5, 5.41) is 3.33. The molecule has 1 saturated heterocycles. The summed E-state index contributed by atoms with van der Waals surface area (Å²) in [6.07, 6.45) is 1.74. The van der Waals surface area contributed by atoms with E-state index in [0.29, 0.717) is 12.5 Å². The van der Waals surface area contributed by atoms with E-state index in [1.807, 2.05) is 11.9 Å². The van der Waals surface area contributed by atoms with Crippen molar-refractivity contribution >= 4 is 5.91 Å². The van der Waals surface area contributed by atoms with Gasteiger partial charge in [0.15, 0.2) is 0 Å². The summed E-state index contributed by atoms with van der Waals surface area (Å²) < 4.78 is 0. The lowest BCUT2D eigenvalue weighted by Crippen LogP contribution is -2.36. The van der Waals surface area contributed by atoms with Crippen LogP contribution in [0.4, 0.5) is 0 Å². The maximum absolute atomic E-state index is 11.2. The molecule has 0 aromatic rings. The van der Waals surface area contributed by atoms with Crippen LogP contribution in [-0.4, -0.2) is 37.0 Å². The van der Waals surface area contributed by atoms with E-state index in [1.54, 1.807) is 0 Å². The van der Waals surface area contributed by atoms with E-state index in [0.717, 1.165) is 19.5 Å². The molecule has 0 bridgehead atoms. The van der Waals surface area contributed by atoms with Gasteiger partial charge in [-0.15, -0.1) is 0 Å². The second-order valence-corrected chi connectivity index (χ2v) is 3.08. The summed E-state index contributed by atoms with van der Waals surface area (Å²) in [7, 11) is 1.87. The van der Waals surface area contributed by atoms with Gasteiger partial charge >= 0.3 is 0 Å². The molecule has 0 radical (unpaired) electrons. The van der Waals surface area contributed by atoms with Crippen LogP contribution in [0.3, 0.4) is 0 Å². The number of carbonyl (C=O) groups excluding carboxylic acids is 1. The lowest BCUT2D eigenvalue weighted by atomic mass is 10.2. The first-order valence-electron chi connectivity index (χ1n) is 4.21. The number of likely N-dealkylation sites (N-methyl/N-ethyl adjacent to an activating group) is 1. The Morgan fingerprint density at radius 1 is 1.73 bits per heavy atom. The third-order valence-electron chi connectivity index (χ3n) is 2.18.